The number of hydrogen-bond donors (Lipinski definition) is 1. The Morgan fingerprint density at radius 1 is 1.38 bits per heavy atom. The highest BCUT2D eigenvalue weighted by atomic mass is 16.6. The predicted octanol–water partition coefficient (Wildman–Crippen LogP) is 1.86. The lowest BCUT2D eigenvalue weighted by molar-refractivity contribution is 0.130. The first-order valence-corrected chi connectivity index (χ1v) is 3.99. The van der Waals surface area contributed by atoms with Crippen LogP contribution in [0.25, 0.3) is 0 Å². The molecule has 0 aliphatic heterocycles. The molecule has 0 atom stereocenters. The summed E-state index contributed by atoms with van der Waals surface area (Å²) in [6, 6.07) is 7.76. The predicted molar refractivity (Wildman–Crippen MR) is 51.1 cm³/mol. The SMILES string of the molecule is C=CONCc1ccc(OC)cc1. The van der Waals surface area contributed by atoms with Crippen LogP contribution in [0.15, 0.2) is 37.1 Å². The molecule has 0 aliphatic rings. The van der Waals surface area contributed by atoms with Crippen molar-refractivity contribution in [2.24, 2.45) is 0 Å². The Hall–Kier alpha value is -1.48. The van der Waals surface area contributed by atoms with Crippen LogP contribution < -0.4 is 10.2 Å². The molecule has 0 spiro atoms. The minimum atomic E-state index is 0.649. The molecule has 0 amide bonds. The van der Waals surface area contributed by atoms with Crippen molar-refractivity contribution in [3.63, 3.8) is 0 Å². The van der Waals surface area contributed by atoms with E-state index >= 15 is 0 Å². The summed E-state index contributed by atoms with van der Waals surface area (Å²) in [6.45, 7) is 4.06. The quantitative estimate of drug-likeness (QED) is 0.425. The van der Waals surface area contributed by atoms with Gasteiger partial charge in [-0.2, -0.15) is 5.48 Å². The van der Waals surface area contributed by atoms with Crippen molar-refractivity contribution in [1.29, 1.82) is 0 Å². The van der Waals surface area contributed by atoms with Gasteiger partial charge in [0.05, 0.1) is 13.7 Å². The van der Waals surface area contributed by atoms with E-state index in [-0.39, 0.29) is 0 Å². The molecule has 1 N–H and O–H groups in total. The molecule has 0 saturated heterocycles. The summed E-state index contributed by atoms with van der Waals surface area (Å²) in [7, 11) is 1.65. The molecule has 0 aromatic heterocycles. The summed E-state index contributed by atoms with van der Waals surface area (Å²) in [4.78, 5) is 4.78. The van der Waals surface area contributed by atoms with Crippen molar-refractivity contribution in [2.75, 3.05) is 7.11 Å². The van der Waals surface area contributed by atoms with E-state index in [9.17, 15) is 0 Å². The van der Waals surface area contributed by atoms with Gasteiger partial charge < -0.3 is 9.57 Å². The van der Waals surface area contributed by atoms with Crippen LogP contribution in [0.3, 0.4) is 0 Å². The summed E-state index contributed by atoms with van der Waals surface area (Å²) < 4.78 is 5.03. The Morgan fingerprint density at radius 2 is 2.08 bits per heavy atom. The number of ether oxygens (including phenoxy) is 1. The maximum Gasteiger partial charge on any atom is 0.118 e. The fourth-order valence-corrected chi connectivity index (χ4v) is 0.927. The first-order valence-electron chi connectivity index (χ1n) is 3.99. The van der Waals surface area contributed by atoms with Crippen molar-refractivity contribution in [1.82, 2.24) is 5.48 Å². The zero-order chi connectivity index (χ0) is 9.52. The van der Waals surface area contributed by atoms with E-state index in [1.807, 2.05) is 24.3 Å². The Balaban J connectivity index is 2.44. The van der Waals surface area contributed by atoms with E-state index < -0.39 is 0 Å². The van der Waals surface area contributed by atoms with Gasteiger partial charge in [-0.15, -0.1) is 0 Å². The standard InChI is InChI=1S/C10H13NO2/c1-3-13-11-8-9-4-6-10(12-2)7-5-9/h3-7,11H,1,8H2,2H3. The van der Waals surface area contributed by atoms with Gasteiger partial charge in [0.15, 0.2) is 0 Å². The Kier molecular flexibility index (Phi) is 3.85. The molecule has 0 fully saturated rings. The molecule has 70 valence electrons. The minimum absolute atomic E-state index is 0.649. The summed E-state index contributed by atoms with van der Waals surface area (Å²) in [5.74, 6) is 0.855. The molecule has 0 unspecified atom stereocenters. The van der Waals surface area contributed by atoms with E-state index in [1.54, 1.807) is 7.11 Å². The second-order valence-corrected chi connectivity index (χ2v) is 2.45. The zero-order valence-corrected chi connectivity index (χ0v) is 7.62. The third-order valence-electron chi connectivity index (χ3n) is 1.60. The highest BCUT2D eigenvalue weighted by Crippen LogP contribution is 2.10. The van der Waals surface area contributed by atoms with Crippen molar-refractivity contribution in [3.8, 4) is 5.75 Å². The highest BCUT2D eigenvalue weighted by Gasteiger charge is 1.92. The molecule has 0 saturated carbocycles. The molecule has 0 radical (unpaired) electrons. The normalized spacial score (nSPS) is 9.31. The van der Waals surface area contributed by atoms with E-state index in [0.717, 1.165) is 11.3 Å². The molecule has 3 heteroatoms. The van der Waals surface area contributed by atoms with Gasteiger partial charge in [-0.25, -0.2) is 0 Å². The van der Waals surface area contributed by atoms with Crippen LogP contribution in [-0.2, 0) is 11.4 Å². The first-order chi connectivity index (χ1) is 6.36. The van der Waals surface area contributed by atoms with Gasteiger partial charge in [0.1, 0.15) is 12.0 Å². The van der Waals surface area contributed by atoms with Gasteiger partial charge in [0, 0.05) is 0 Å². The lowest BCUT2D eigenvalue weighted by atomic mass is 10.2. The Labute approximate surface area is 77.9 Å². The van der Waals surface area contributed by atoms with Crippen LogP contribution in [0.5, 0.6) is 5.75 Å². The van der Waals surface area contributed by atoms with Gasteiger partial charge in [-0.1, -0.05) is 18.7 Å². The summed E-state index contributed by atoms with van der Waals surface area (Å²) in [6.07, 6.45) is 1.35. The van der Waals surface area contributed by atoms with E-state index in [2.05, 4.69) is 12.1 Å². The van der Waals surface area contributed by atoms with Crippen LogP contribution in [0.1, 0.15) is 5.56 Å². The molecular weight excluding hydrogens is 166 g/mol. The molecule has 13 heavy (non-hydrogen) atoms. The largest absolute Gasteiger partial charge is 0.497 e. The van der Waals surface area contributed by atoms with Gasteiger partial charge in [-0.05, 0) is 17.7 Å². The first kappa shape index (κ1) is 9.61. The summed E-state index contributed by atoms with van der Waals surface area (Å²) >= 11 is 0. The molecule has 0 heterocycles. The lowest BCUT2D eigenvalue weighted by Gasteiger charge is -2.04. The number of benzene rings is 1. The Bertz CT molecular complexity index is 256. The van der Waals surface area contributed by atoms with E-state index in [1.165, 1.54) is 6.26 Å². The number of rotatable bonds is 5. The second kappa shape index (κ2) is 5.22. The number of hydrogen-bond acceptors (Lipinski definition) is 3. The van der Waals surface area contributed by atoms with Crippen LogP contribution in [0.2, 0.25) is 0 Å². The zero-order valence-electron chi connectivity index (χ0n) is 7.62. The van der Waals surface area contributed by atoms with Crippen molar-refractivity contribution in [3.05, 3.63) is 42.7 Å². The Morgan fingerprint density at radius 3 is 2.62 bits per heavy atom. The van der Waals surface area contributed by atoms with E-state index in [0.29, 0.717) is 6.54 Å². The molecule has 3 nitrogen and oxygen atoms in total. The highest BCUT2D eigenvalue weighted by molar-refractivity contribution is 5.26. The topological polar surface area (TPSA) is 30.5 Å². The third kappa shape index (κ3) is 3.17. The van der Waals surface area contributed by atoms with Gasteiger partial charge in [0.2, 0.25) is 0 Å². The van der Waals surface area contributed by atoms with Gasteiger partial charge in [0.25, 0.3) is 0 Å². The average Bonchev–Trinajstić information content (AvgIpc) is 2.19. The van der Waals surface area contributed by atoms with Crippen LogP contribution in [0.4, 0.5) is 0 Å². The van der Waals surface area contributed by atoms with Crippen LogP contribution in [0, 0.1) is 0 Å². The molecule has 0 aliphatic carbocycles. The third-order valence-corrected chi connectivity index (χ3v) is 1.60. The molecule has 0 bridgehead atoms. The van der Waals surface area contributed by atoms with Gasteiger partial charge in [-0.3, -0.25) is 0 Å². The van der Waals surface area contributed by atoms with Crippen molar-refractivity contribution < 1.29 is 9.57 Å². The van der Waals surface area contributed by atoms with Gasteiger partial charge >= 0.3 is 0 Å². The summed E-state index contributed by atoms with van der Waals surface area (Å²) in [5.41, 5.74) is 3.86. The fourth-order valence-electron chi connectivity index (χ4n) is 0.927. The fraction of sp³-hybridized carbons (Fsp3) is 0.200. The minimum Gasteiger partial charge on any atom is -0.497 e. The summed E-state index contributed by atoms with van der Waals surface area (Å²) in [5, 5.41) is 0. The molecule has 1 aromatic carbocycles. The maximum atomic E-state index is 5.03. The van der Waals surface area contributed by atoms with Crippen LogP contribution >= 0.6 is 0 Å². The maximum absolute atomic E-state index is 5.03. The number of methoxy groups -OCH3 is 1. The average molecular weight is 179 g/mol. The molecular formula is C10H13NO2. The number of hydroxylamine groups is 1. The van der Waals surface area contributed by atoms with Crippen molar-refractivity contribution >= 4 is 0 Å². The van der Waals surface area contributed by atoms with Crippen molar-refractivity contribution in [2.45, 2.75) is 6.54 Å². The second-order valence-electron chi connectivity index (χ2n) is 2.45. The van der Waals surface area contributed by atoms with E-state index in [4.69, 9.17) is 9.57 Å². The lowest BCUT2D eigenvalue weighted by Crippen LogP contribution is -2.09. The number of nitrogens with one attached hydrogen (secondary N) is 1. The molecule has 1 rings (SSSR count). The smallest absolute Gasteiger partial charge is 0.118 e. The van der Waals surface area contributed by atoms with Crippen LogP contribution in [-0.4, -0.2) is 7.11 Å². The molecule has 1 aromatic rings. The monoisotopic (exact) mass is 179 g/mol.